The number of carbonyl (C=O) groups is 1. The van der Waals surface area contributed by atoms with Gasteiger partial charge in [-0.15, -0.1) is 0 Å². The number of hydrogen-bond acceptors (Lipinski definition) is 6. The van der Waals surface area contributed by atoms with Gasteiger partial charge >= 0.3 is 0 Å². The van der Waals surface area contributed by atoms with Crippen molar-refractivity contribution in [3.05, 3.63) is 50.9 Å². The molecule has 1 atom stereocenters. The highest BCUT2D eigenvalue weighted by Crippen LogP contribution is 2.36. The second-order valence-corrected chi connectivity index (χ2v) is 8.60. The molecule has 144 valence electrons. The maximum atomic E-state index is 13.0. The number of aryl methyl sites for hydroxylation is 1. The largest absolute Gasteiger partial charge is 0.387 e. The maximum absolute atomic E-state index is 13.0. The van der Waals surface area contributed by atoms with Crippen molar-refractivity contribution in [2.75, 3.05) is 6.26 Å². The first-order chi connectivity index (χ1) is 12.6. The molecule has 3 rings (SSSR count). The summed E-state index contributed by atoms with van der Waals surface area (Å²) in [6, 6.07) is 2.84. The van der Waals surface area contributed by atoms with Gasteiger partial charge < -0.3 is 9.94 Å². The summed E-state index contributed by atoms with van der Waals surface area (Å²) in [4.78, 5) is 30.8. The molecule has 0 bridgehead atoms. The average Bonchev–Trinajstić information content (AvgIpc) is 3.18. The Hall–Kier alpha value is -2.68. The molecule has 1 aliphatic rings. The highest BCUT2D eigenvalue weighted by atomic mass is 32.2. The van der Waals surface area contributed by atoms with E-state index >= 15 is 0 Å². The molecule has 27 heavy (non-hydrogen) atoms. The topological polar surface area (TPSA) is 111 Å². The molecule has 0 spiro atoms. The summed E-state index contributed by atoms with van der Waals surface area (Å²) in [7, 11) is -3.54. The summed E-state index contributed by atoms with van der Waals surface area (Å²) in [5, 5.41) is 6.65. The van der Waals surface area contributed by atoms with Gasteiger partial charge in [-0.05, 0) is 38.5 Å². The number of carbonyl (C=O) groups excluding carboxylic acids is 1. The number of nitrogens with zero attached hydrogens (tertiary/aromatic N) is 2. The van der Waals surface area contributed by atoms with Crippen molar-refractivity contribution in [1.29, 1.82) is 0 Å². The maximum Gasteiger partial charge on any atom is 0.277 e. The Labute approximate surface area is 156 Å². The minimum absolute atomic E-state index is 0.0118. The Morgan fingerprint density at radius 1 is 1.33 bits per heavy atom. The van der Waals surface area contributed by atoms with Crippen LogP contribution in [0, 0.1) is 6.92 Å². The SMILES string of the molecule is CCn1[nH]cc(C(=O)c2ccc(S(C)(=O)=O)c(C3CC(C)=NO3)c2C)c1=O. The number of oxime groups is 1. The predicted molar refractivity (Wildman–Crippen MR) is 100 cm³/mol. The van der Waals surface area contributed by atoms with Gasteiger partial charge in [-0.2, -0.15) is 0 Å². The molecule has 1 unspecified atom stereocenters. The lowest BCUT2D eigenvalue weighted by molar-refractivity contribution is 0.0830. The van der Waals surface area contributed by atoms with Gasteiger partial charge in [0, 0.05) is 36.5 Å². The minimum Gasteiger partial charge on any atom is -0.387 e. The van der Waals surface area contributed by atoms with Gasteiger partial charge in [0.25, 0.3) is 5.56 Å². The van der Waals surface area contributed by atoms with Crippen LogP contribution in [0.3, 0.4) is 0 Å². The molecule has 2 heterocycles. The van der Waals surface area contributed by atoms with Crippen molar-refractivity contribution in [2.24, 2.45) is 5.16 Å². The highest BCUT2D eigenvalue weighted by Gasteiger charge is 2.31. The Balaban J connectivity index is 2.16. The van der Waals surface area contributed by atoms with E-state index in [0.29, 0.717) is 24.1 Å². The number of H-pyrrole nitrogens is 1. The molecule has 0 saturated carbocycles. The number of ketones is 1. The van der Waals surface area contributed by atoms with Gasteiger partial charge in [0.05, 0.1) is 10.6 Å². The smallest absolute Gasteiger partial charge is 0.277 e. The van der Waals surface area contributed by atoms with E-state index in [4.69, 9.17) is 4.84 Å². The quantitative estimate of drug-likeness (QED) is 0.784. The van der Waals surface area contributed by atoms with Crippen LogP contribution >= 0.6 is 0 Å². The van der Waals surface area contributed by atoms with Crippen molar-refractivity contribution < 1.29 is 18.0 Å². The predicted octanol–water partition coefficient (Wildman–Crippen LogP) is 1.98. The first kappa shape index (κ1) is 19.1. The number of rotatable bonds is 5. The lowest BCUT2D eigenvalue weighted by Gasteiger charge is -2.18. The molecule has 1 aliphatic heterocycles. The molecule has 0 saturated heterocycles. The summed E-state index contributed by atoms with van der Waals surface area (Å²) >= 11 is 0. The molecule has 0 aliphatic carbocycles. The summed E-state index contributed by atoms with van der Waals surface area (Å²) < 4.78 is 25.8. The molecule has 0 fully saturated rings. The molecule has 0 radical (unpaired) electrons. The Morgan fingerprint density at radius 2 is 2.04 bits per heavy atom. The van der Waals surface area contributed by atoms with E-state index in [9.17, 15) is 18.0 Å². The molecule has 9 heteroatoms. The van der Waals surface area contributed by atoms with E-state index in [1.54, 1.807) is 20.8 Å². The lowest BCUT2D eigenvalue weighted by Crippen LogP contribution is -2.22. The highest BCUT2D eigenvalue weighted by molar-refractivity contribution is 7.90. The van der Waals surface area contributed by atoms with Crippen molar-refractivity contribution >= 4 is 21.3 Å². The van der Waals surface area contributed by atoms with Crippen LogP contribution in [0.1, 0.15) is 53.4 Å². The second-order valence-electron chi connectivity index (χ2n) is 6.61. The molecule has 1 aromatic carbocycles. The van der Waals surface area contributed by atoms with Crippen LogP contribution in [0.4, 0.5) is 0 Å². The molecule has 8 nitrogen and oxygen atoms in total. The Kier molecular flexibility index (Phi) is 4.81. The zero-order valence-electron chi connectivity index (χ0n) is 15.6. The Bertz CT molecular complexity index is 1110. The minimum atomic E-state index is -3.54. The monoisotopic (exact) mass is 391 g/mol. The first-order valence-corrected chi connectivity index (χ1v) is 10.4. The number of hydrogen-bond donors (Lipinski definition) is 1. The number of aromatic nitrogens is 2. The van der Waals surface area contributed by atoms with Crippen LogP contribution in [0.2, 0.25) is 0 Å². The molecule has 2 aromatic rings. The molecule has 1 aromatic heterocycles. The standard InChI is InChI=1S/C18H21N3O5S/c1-5-21-18(23)13(9-19-21)17(22)12-6-7-15(27(4,24)25)16(11(12)3)14-8-10(2)20-26-14/h6-7,9,14,19H,5,8H2,1-4H3. The third-order valence-corrected chi connectivity index (χ3v) is 5.81. The van der Waals surface area contributed by atoms with Crippen molar-refractivity contribution in [3.63, 3.8) is 0 Å². The number of sulfone groups is 1. The van der Waals surface area contributed by atoms with Crippen LogP contribution in [-0.4, -0.2) is 35.9 Å². The van der Waals surface area contributed by atoms with Crippen LogP contribution in [0.15, 0.2) is 33.2 Å². The third kappa shape index (κ3) is 3.34. The van der Waals surface area contributed by atoms with Crippen molar-refractivity contribution in [3.8, 4) is 0 Å². The van der Waals surface area contributed by atoms with Gasteiger partial charge in [-0.25, -0.2) is 8.42 Å². The summed E-state index contributed by atoms with van der Waals surface area (Å²) in [6.45, 7) is 5.66. The normalized spacial score (nSPS) is 16.9. The van der Waals surface area contributed by atoms with Gasteiger partial charge in [-0.3, -0.25) is 14.3 Å². The van der Waals surface area contributed by atoms with E-state index in [2.05, 4.69) is 10.3 Å². The van der Waals surface area contributed by atoms with E-state index in [1.807, 2.05) is 0 Å². The van der Waals surface area contributed by atoms with Crippen LogP contribution in [0.5, 0.6) is 0 Å². The summed E-state index contributed by atoms with van der Waals surface area (Å²) in [6.07, 6.45) is 2.34. The number of aromatic amines is 1. The molecule has 0 amide bonds. The number of benzene rings is 1. The molecule has 1 N–H and O–H groups in total. The fraction of sp³-hybridized carbons (Fsp3) is 0.389. The van der Waals surface area contributed by atoms with Crippen LogP contribution in [0.25, 0.3) is 0 Å². The van der Waals surface area contributed by atoms with Crippen LogP contribution < -0.4 is 5.56 Å². The zero-order valence-corrected chi connectivity index (χ0v) is 16.4. The fourth-order valence-electron chi connectivity index (χ4n) is 3.28. The van der Waals surface area contributed by atoms with Crippen molar-refractivity contribution in [2.45, 2.75) is 44.7 Å². The second kappa shape index (κ2) is 6.80. The summed E-state index contributed by atoms with van der Waals surface area (Å²) in [5.41, 5.74) is 1.50. The molecular weight excluding hydrogens is 370 g/mol. The number of nitrogens with one attached hydrogen (secondary N) is 1. The van der Waals surface area contributed by atoms with Gasteiger partial charge in [0.2, 0.25) is 0 Å². The van der Waals surface area contributed by atoms with Crippen LogP contribution in [-0.2, 0) is 21.2 Å². The van der Waals surface area contributed by atoms with E-state index in [0.717, 1.165) is 12.0 Å². The summed E-state index contributed by atoms with van der Waals surface area (Å²) in [5.74, 6) is -0.460. The van der Waals surface area contributed by atoms with E-state index < -0.39 is 27.3 Å². The zero-order chi connectivity index (χ0) is 19.9. The van der Waals surface area contributed by atoms with Gasteiger partial charge in [0.1, 0.15) is 5.56 Å². The average molecular weight is 391 g/mol. The lowest BCUT2D eigenvalue weighted by atomic mass is 9.92. The third-order valence-electron chi connectivity index (χ3n) is 4.66. The fourth-order valence-corrected chi connectivity index (χ4v) is 4.27. The molecular formula is C18H21N3O5S. The van der Waals surface area contributed by atoms with Gasteiger partial charge in [-0.1, -0.05) is 5.16 Å². The van der Waals surface area contributed by atoms with Crippen molar-refractivity contribution in [1.82, 2.24) is 9.78 Å². The Morgan fingerprint density at radius 3 is 2.56 bits per heavy atom. The first-order valence-electron chi connectivity index (χ1n) is 8.50. The van der Waals surface area contributed by atoms with E-state index in [-0.39, 0.29) is 16.0 Å². The van der Waals surface area contributed by atoms with Gasteiger partial charge in [0.15, 0.2) is 21.7 Å². The van der Waals surface area contributed by atoms with E-state index in [1.165, 1.54) is 23.0 Å².